The van der Waals surface area contributed by atoms with E-state index in [-0.39, 0.29) is 0 Å². The van der Waals surface area contributed by atoms with Crippen molar-refractivity contribution in [1.29, 1.82) is 0 Å². The first kappa shape index (κ1) is 7.07. The van der Waals surface area contributed by atoms with Gasteiger partial charge < -0.3 is 4.74 Å². The van der Waals surface area contributed by atoms with Crippen LogP contribution in [-0.2, 0) is 4.74 Å². The average molecular weight is 128 g/mol. The van der Waals surface area contributed by atoms with Gasteiger partial charge in [-0.1, -0.05) is 20.3 Å². The van der Waals surface area contributed by atoms with E-state index in [1.807, 2.05) is 0 Å². The molecular weight excluding hydrogens is 112 g/mol. The molecule has 1 aliphatic rings. The summed E-state index contributed by atoms with van der Waals surface area (Å²) in [6.07, 6.45) is 4.39. The molecule has 0 N–H and O–H groups in total. The van der Waals surface area contributed by atoms with Crippen LogP contribution in [0.15, 0.2) is 0 Å². The Morgan fingerprint density at radius 1 is 1.67 bits per heavy atom. The van der Waals surface area contributed by atoms with E-state index < -0.39 is 0 Å². The van der Waals surface area contributed by atoms with Gasteiger partial charge in [0.2, 0.25) is 0 Å². The van der Waals surface area contributed by atoms with E-state index in [1.54, 1.807) is 0 Å². The third-order valence-corrected chi connectivity index (χ3v) is 2.24. The van der Waals surface area contributed by atoms with Gasteiger partial charge in [-0.25, -0.2) is 0 Å². The van der Waals surface area contributed by atoms with Crippen molar-refractivity contribution < 1.29 is 4.74 Å². The second-order valence-corrected chi connectivity index (χ2v) is 2.94. The van der Waals surface area contributed by atoms with Gasteiger partial charge >= 0.3 is 0 Å². The van der Waals surface area contributed by atoms with E-state index in [2.05, 4.69) is 13.8 Å². The SMILES string of the molecule is CC[C@@H](C)[C@@H]1CCCO1. The third-order valence-electron chi connectivity index (χ3n) is 2.24. The fraction of sp³-hybridized carbons (Fsp3) is 1.00. The molecule has 54 valence electrons. The first-order valence-electron chi connectivity index (χ1n) is 3.96. The minimum atomic E-state index is 0.579. The number of rotatable bonds is 2. The molecule has 1 aliphatic heterocycles. The molecule has 0 aliphatic carbocycles. The lowest BCUT2D eigenvalue weighted by Gasteiger charge is -2.15. The molecule has 0 unspecified atom stereocenters. The smallest absolute Gasteiger partial charge is 0.0601 e. The predicted octanol–water partition coefficient (Wildman–Crippen LogP) is 2.21. The fourth-order valence-corrected chi connectivity index (χ4v) is 1.31. The minimum absolute atomic E-state index is 0.579. The highest BCUT2D eigenvalue weighted by atomic mass is 16.5. The van der Waals surface area contributed by atoms with Gasteiger partial charge in [0.1, 0.15) is 0 Å². The largest absolute Gasteiger partial charge is 0.378 e. The maximum atomic E-state index is 5.51. The normalized spacial score (nSPS) is 30.7. The van der Waals surface area contributed by atoms with Crippen molar-refractivity contribution in [2.24, 2.45) is 5.92 Å². The zero-order valence-corrected chi connectivity index (χ0v) is 6.39. The molecule has 1 heteroatoms. The molecule has 1 heterocycles. The van der Waals surface area contributed by atoms with Crippen molar-refractivity contribution in [3.63, 3.8) is 0 Å². The first-order valence-corrected chi connectivity index (χ1v) is 3.96. The monoisotopic (exact) mass is 128 g/mol. The molecule has 1 fully saturated rings. The highest BCUT2D eigenvalue weighted by molar-refractivity contribution is 4.69. The van der Waals surface area contributed by atoms with Crippen molar-refractivity contribution in [3.05, 3.63) is 0 Å². The van der Waals surface area contributed by atoms with Crippen LogP contribution in [-0.4, -0.2) is 12.7 Å². The van der Waals surface area contributed by atoms with Crippen LogP contribution in [0, 0.1) is 5.92 Å². The summed E-state index contributed by atoms with van der Waals surface area (Å²) in [5.41, 5.74) is 0. The number of hydrogen-bond acceptors (Lipinski definition) is 1. The molecule has 0 saturated carbocycles. The first-order chi connectivity index (χ1) is 4.34. The minimum Gasteiger partial charge on any atom is -0.378 e. The van der Waals surface area contributed by atoms with Crippen LogP contribution in [0.3, 0.4) is 0 Å². The van der Waals surface area contributed by atoms with Crippen LogP contribution >= 0.6 is 0 Å². The van der Waals surface area contributed by atoms with Crippen molar-refractivity contribution in [2.75, 3.05) is 6.61 Å². The van der Waals surface area contributed by atoms with Gasteiger partial charge in [-0.15, -0.1) is 0 Å². The maximum Gasteiger partial charge on any atom is 0.0601 e. The summed E-state index contributed by atoms with van der Waals surface area (Å²) in [4.78, 5) is 0. The zero-order chi connectivity index (χ0) is 6.69. The van der Waals surface area contributed by atoms with Gasteiger partial charge in [0.05, 0.1) is 6.10 Å². The lowest BCUT2D eigenvalue weighted by Crippen LogP contribution is -2.15. The van der Waals surface area contributed by atoms with Crippen LogP contribution < -0.4 is 0 Å². The Morgan fingerprint density at radius 3 is 2.89 bits per heavy atom. The molecule has 9 heavy (non-hydrogen) atoms. The van der Waals surface area contributed by atoms with Crippen LogP contribution in [0.5, 0.6) is 0 Å². The van der Waals surface area contributed by atoms with E-state index >= 15 is 0 Å². The molecule has 1 nitrogen and oxygen atoms in total. The fourth-order valence-electron chi connectivity index (χ4n) is 1.31. The molecular formula is C8H16O. The predicted molar refractivity (Wildman–Crippen MR) is 38.4 cm³/mol. The molecule has 0 spiro atoms. The van der Waals surface area contributed by atoms with E-state index in [9.17, 15) is 0 Å². The second kappa shape index (κ2) is 3.21. The van der Waals surface area contributed by atoms with Gasteiger partial charge in [-0.2, -0.15) is 0 Å². The van der Waals surface area contributed by atoms with Crippen LogP contribution in [0.2, 0.25) is 0 Å². The average Bonchev–Trinajstić information content (AvgIpc) is 2.37. The Morgan fingerprint density at radius 2 is 2.44 bits per heavy atom. The maximum absolute atomic E-state index is 5.51. The highest BCUT2D eigenvalue weighted by Crippen LogP contribution is 2.21. The lowest BCUT2D eigenvalue weighted by atomic mass is 10.00. The zero-order valence-electron chi connectivity index (χ0n) is 6.39. The molecule has 0 aromatic carbocycles. The van der Waals surface area contributed by atoms with Crippen LogP contribution in [0.4, 0.5) is 0 Å². The molecule has 0 radical (unpaired) electrons. The summed E-state index contributed by atoms with van der Waals surface area (Å²) in [5.74, 6) is 0.771. The molecule has 1 saturated heterocycles. The third kappa shape index (κ3) is 1.68. The highest BCUT2D eigenvalue weighted by Gasteiger charge is 2.20. The standard InChI is InChI=1S/C8H16O/c1-3-7(2)8-5-4-6-9-8/h7-8H,3-6H2,1-2H3/t7-,8+/m1/s1. The van der Waals surface area contributed by atoms with E-state index in [0.717, 1.165) is 12.5 Å². The summed E-state index contributed by atoms with van der Waals surface area (Å²) in [6, 6.07) is 0. The molecule has 0 aromatic heterocycles. The molecule has 0 bridgehead atoms. The molecule has 1 rings (SSSR count). The van der Waals surface area contributed by atoms with Gasteiger partial charge in [0.25, 0.3) is 0 Å². The molecule has 2 atom stereocenters. The van der Waals surface area contributed by atoms with Crippen molar-refractivity contribution in [3.8, 4) is 0 Å². The summed E-state index contributed by atoms with van der Waals surface area (Å²) in [6.45, 7) is 5.50. The Hall–Kier alpha value is -0.0400. The van der Waals surface area contributed by atoms with Gasteiger partial charge in [0, 0.05) is 6.61 Å². The van der Waals surface area contributed by atoms with E-state index in [1.165, 1.54) is 19.3 Å². The Labute approximate surface area is 57.4 Å². The molecule has 0 amide bonds. The molecule has 0 aromatic rings. The van der Waals surface area contributed by atoms with Crippen LogP contribution in [0.1, 0.15) is 33.1 Å². The van der Waals surface area contributed by atoms with Gasteiger partial charge in [-0.05, 0) is 18.8 Å². The summed E-state index contributed by atoms with van der Waals surface area (Å²) in [7, 11) is 0. The summed E-state index contributed by atoms with van der Waals surface area (Å²) < 4.78 is 5.51. The number of hydrogen-bond donors (Lipinski definition) is 0. The van der Waals surface area contributed by atoms with E-state index in [0.29, 0.717) is 6.10 Å². The van der Waals surface area contributed by atoms with E-state index in [4.69, 9.17) is 4.74 Å². The van der Waals surface area contributed by atoms with Gasteiger partial charge in [0.15, 0.2) is 0 Å². The second-order valence-electron chi connectivity index (χ2n) is 2.94. The Balaban J connectivity index is 2.24. The Bertz CT molecular complexity index is 74.6. The quantitative estimate of drug-likeness (QED) is 0.554. The summed E-state index contributed by atoms with van der Waals surface area (Å²) >= 11 is 0. The Kier molecular flexibility index (Phi) is 2.52. The topological polar surface area (TPSA) is 9.23 Å². The number of ether oxygens (including phenoxy) is 1. The summed E-state index contributed by atoms with van der Waals surface area (Å²) in [5, 5.41) is 0. The van der Waals surface area contributed by atoms with Crippen molar-refractivity contribution >= 4 is 0 Å². The van der Waals surface area contributed by atoms with Crippen molar-refractivity contribution in [1.82, 2.24) is 0 Å². The van der Waals surface area contributed by atoms with Gasteiger partial charge in [-0.3, -0.25) is 0 Å². The van der Waals surface area contributed by atoms with Crippen LogP contribution in [0.25, 0.3) is 0 Å². The lowest BCUT2D eigenvalue weighted by molar-refractivity contribution is 0.0681. The van der Waals surface area contributed by atoms with Crippen molar-refractivity contribution in [2.45, 2.75) is 39.2 Å².